The Bertz CT molecular complexity index is 242. The normalized spacial score (nSPS) is 19.7. The van der Waals surface area contributed by atoms with Gasteiger partial charge in [0, 0.05) is 53.1 Å². The molecule has 0 aromatic carbocycles. The van der Waals surface area contributed by atoms with Crippen LogP contribution in [0, 0.1) is 0 Å². The first-order valence-corrected chi connectivity index (χ1v) is 6.06. The second-order valence-corrected chi connectivity index (χ2v) is 4.75. The zero-order valence-electron chi connectivity index (χ0n) is 11.4. The molecule has 1 saturated heterocycles. The number of hydrogen-bond acceptors (Lipinski definition) is 4. The van der Waals surface area contributed by atoms with Crippen LogP contribution in [0.2, 0.25) is 0 Å². The van der Waals surface area contributed by atoms with Gasteiger partial charge in [0.15, 0.2) is 5.79 Å². The average molecular weight is 244 g/mol. The van der Waals surface area contributed by atoms with Crippen LogP contribution in [0.3, 0.4) is 0 Å². The number of amides is 1. The van der Waals surface area contributed by atoms with Gasteiger partial charge < -0.3 is 19.3 Å². The van der Waals surface area contributed by atoms with E-state index in [2.05, 4.69) is 0 Å². The molecule has 1 fully saturated rings. The summed E-state index contributed by atoms with van der Waals surface area (Å²) in [6.45, 7) is 2.23. The van der Waals surface area contributed by atoms with E-state index in [1.807, 2.05) is 23.9 Å². The minimum Gasteiger partial charge on any atom is -0.353 e. The molecular formula is C12H24N2O3. The first kappa shape index (κ1) is 14.4. The van der Waals surface area contributed by atoms with Crippen molar-refractivity contribution in [2.75, 3.05) is 47.9 Å². The van der Waals surface area contributed by atoms with E-state index in [4.69, 9.17) is 9.47 Å². The molecule has 0 aromatic rings. The third-order valence-corrected chi connectivity index (χ3v) is 3.39. The largest absolute Gasteiger partial charge is 0.353 e. The lowest BCUT2D eigenvalue weighted by molar-refractivity contribution is -0.228. The molecule has 0 aliphatic carbocycles. The van der Waals surface area contributed by atoms with E-state index >= 15 is 0 Å². The maximum Gasteiger partial charge on any atom is 0.223 e. The van der Waals surface area contributed by atoms with Crippen molar-refractivity contribution >= 4 is 5.91 Å². The number of hydrogen-bond donors (Lipinski definition) is 0. The highest BCUT2D eigenvalue weighted by atomic mass is 16.7. The average Bonchev–Trinajstić information content (AvgIpc) is 2.36. The Morgan fingerprint density at radius 1 is 1.24 bits per heavy atom. The van der Waals surface area contributed by atoms with Crippen LogP contribution in [0.25, 0.3) is 0 Å². The number of ether oxygens (including phenoxy) is 2. The van der Waals surface area contributed by atoms with Gasteiger partial charge in [-0.25, -0.2) is 0 Å². The Morgan fingerprint density at radius 2 is 1.76 bits per heavy atom. The van der Waals surface area contributed by atoms with Crippen molar-refractivity contribution in [2.24, 2.45) is 0 Å². The van der Waals surface area contributed by atoms with Crippen LogP contribution in [-0.2, 0) is 14.3 Å². The predicted octanol–water partition coefficient (Wildman–Crippen LogP) is 0.550. The van der Waals surface area contributed by atoms with Crippen molar-refractivity contribution in [3.8, 4) is 0 Å². The van der Waals surface area contributed by atoms with Crippen LogP contribution in [0.1, 0.15) is 19.3 Å². The summed E-state index contributed by atoms with van der Waals surface area (Å²) >= 11 is 0. The van der Waals surface area contributed by atoms with Gasteiger partial charge in [-0.1, -0.05) is 0 Å². The molecule has 1 aliphatic rings. The minimum absolute atomic E-state index is 0.222. The number of likely N-dealkylation sites (tertiary alicyclic amines) is 1. The zero-order chi connectivity index (χ0) is 12.9. The highest BCUT2D eigenvalue weighted by molar-refractivity contribution is 5.76. The fourth-order valence-electron chi connectivity index (χ4n) is 2.07. The van der Waals surface area contributed by atoms with Crippen LogP contribution in [0.15, 0.2) is 0 Å². The van der Waals surface area contributed by atoms with Crippen molar-refractivity contribution in [1.82, 2.24) is 9.80 Å². The van der Waals surface area contributed by atoms with E-state index in [-0.39, 0.29) is 5.91 Å². The van der Waals surface area contributed by atoms with Gasteiger partial charge in [0.1, 0.15) is 0 Å². The van der Waals surface area contributed by atoms with E-state index in [1.54, 1.807) is 14.2 Å². The number of carbonyl (C=O) groups is 1. The molecule has 1 amide bonds. The third-order valence-electron chi connectivity index (χ3n) is 3.39. The molecule has 0 atom stereocenters. The van der Waals surface area contributed by atoms with Crippen molar-refractivity contribution in [2.45, 2.75) is 25.0 Å². The summed E-state index contributed by atoms with van der Waals surface area (Å²) in [6, 6.07) is 0. The summed E-state index contributed by atoms with van der Waals surface area (Å²) in [7, 11) is 7.27. The number of methoxy groups -OCH3 is 2. The molecular weight excluding hydrogens is 220 g/mol. The van der Waals surface area contributed by atoms with E-state index in [0.717, 1.165) is 19.4 Å². The highest BCUT2D eigenvalue weighted by Crippen LogP contribution is 2.26. The van der Waals surface area contributed by atoms with Gasteiger partial charge in [-0.3, -0.25) is 4.79 Å². The van der Waals surface area contributed by atoms with Crippen molar-refractivity contribution in [1.29, 1.82) is 0 Å². The summed E-state index contributed by atoms with van der Waals surface area (Å²) in [6.07, 6.45) is 2.07. The zero-order valence-corrected chi connectivity index (χ0v) is 11.4. The molecule has 0 aromatic heterocycles. The summed E-state index contributed by atoms with van der Waals surface area (Å²) in [5.74, 6) is -0.266. The summed E-state index contributed by atoms with van der Waals surface area (Å²) in [5.41, 5.74) is 0. The monoisotopic (exact) mass is 244 g/mol. The minimum atomic E-state index is -0.488. The second-order valence-electron chi connectivity index (χ2n) is 4.75. The van der Waals surface area contributed by atoms with Crippen LogP contribution < -0.4 is 0 Å². The van der Waals surface area contributed by atoms with Crippen molar-refractivity contribution in [3.05, 3.63) is 0 Å². The van der Waals surface area contributed by atoms with Crippen LogP contribution >= 0.6 is 0 Å². The summed E-state index contributed by atoms with van der Waals surface area (Å²) < 4.78 is 10.8. The van der Waals surface area contributed by atoms with E-state index < -0.39 is 5.79 Å². The molecule has 100 valence electrons. The van der Waals surface area contributed by atoms with E-state index in [0.29, 0.717) is 19.5 Å². The Labute approximate surface area is 104 Å². The van der Waals surface area contributed by atoms with Crippen LogP contribution in [0.5, 0.6) is 0 Å². The molecule has 0 bridgehead atoms. The van der Waals surface area contributed by atoms with Crippen LogP contribution in [-0.4, -0.2) is 69.4 Å². The fraction of sp³-hybridized carbons (Fsp3) is 0.917. The Morgan fingerprint density at radius 3 is 2.18 bits per heavy atom. The maximum absolute atomic E-state index is 11.9. The second kappa shape index (κ2) is 6.33. The molecule has 1 rings (SSSR count). The molecule has 0 saturated carbocycles. The van der Waals surface area contributed by atoms with Crippen molar-refractivity contribution in [3.63, 3.8) is 0 Å². The van der Waals surface area contributed by atoms with E-state index in [9.17, 15) is 4.79 Å². The molecule has 0 radical (unpaired) electrons. The van der Waals surface area contributed by atoms with Gasteiger partial charge in [0.05, 0.1) is 0 Å². The lowest BCUT2D eigenvalue weighted by atomic mass is 10.0. The number of piperidine rings is 1. The number of carbonyl (C=O) groups excluding carboxylic acids is 1. The summed E-state index contributed by atoms with van der Waals surface area (Å²) in [5, 5.41) is 0. The Balaban J connectivity index is 2.38. The maximum atomic E-state index is 11.9. The van der Waals surface area contributed by atoms with Gasteiger partial charge in [0.2, 0.25) is 5.91 Å². The standard InChI is InChI=1S/C12H24N2O3/c1-13(2)8-5-11(15)14-9-6-12(16-3,17-4)7-10-14/h5-10H2,1-4H3. The molecule has 1 heterocycles. The molecule has 0 unspecified atom stereocenters. The Hall–Kier alpha value is -0.650. The van der Waals surface area contributed by atoms with Crippen LogP contribution in [0.4, 0.5) is 0 Å². The quantitative estimate of drug-likeness (QED) is 0.662. The first-order chi connectivity index (χ1) is 8.03. The highest BCUT2D eigenvalue weighted by Gasteiger charge is 2.35. The first-order valence-electron chi connectivity index (χ1n) is 6.06. The molecule has 1 aliphatic heterocycles. The van der Waals surface area contributed by atoms with Gasteiger partial charge in [-0.05, 0) is 14.1 Å². The SMILES string of the molecule is COC1(OC)CCN(C(=O)CCN(C)C)CC1. The lowest BCUT2D eigenvalue weighted by Gasteiger charge is -2.39. The van der Waals surface area contributed by atoms with Gasteiger partial charge >= 0.3 is 0 Å². The molecule has 0 spiro atoms. The van der Waals surface area contributed by atoms with Gasteiger partial charge in [0.25, 0.3) is 0 Å². The fourth-order valence-corrected chi connectivity index (χ4v) is 2.07. The number of rotatable bonds is 5. The van der Waals surface area contributed by atoms with Gasteiger partial charge in [-0.15, -0.1) is 0 Å². The predicted molar refractivity (Wildman–Crippen MR) is 65.7 cm³/mol. The van der Waals surface area contributed by atoms with Gasteiger partial charge in [-0.2, -0.15) is 0 Å². The molecule has 5 heteroatoms. The molecule has 17 heavy (non-hydrogen) atoms. The third kappa shape index (κ3) is 3.94. The molecule has 5 nitrogen and oxygen atoms in total. The van der Waals surface area contributed by atoms with Crippen molar-refractivity contribution < 1.29 is 14.3 Å². The smallest absolute Gasteiger partial charge is 0.223 e. The molecule has 0 N–H and O–H groups in total. The number of nitrogens with zero attached hydrogens (tertiary/aromatic N) is 2. The van der Waals surface area contributed by atoms with E-state index in [1.165, 1.54) is 0 Å². The summed E-state index contributed by atoms with van der Waals surface area (Å²) in [4.78, 5) is 15.8. The lowest BCUT2D eigenvalue weighted by Crippen LogP contribution is -2.49. The topological polar surface area (TPSA) is 42.0 Å². The Kier molecular flexibility index (Phi) is 5.36.